The Bertz CT molecular complexity index is 664. The number of hydrogen-bond donors (Lipinski definition) is 1. The molecule has 0 saturated heterocycles. The minimum absolute atomic E-state index is 0.00521. The molecule has 1 unspecified atom stereocenters. The first-order chi connectivity index (χ1) is 20.1. The SMILES string of the molecule is CC/C=C\C/C=C\C/C=C\CCCCCCCCCCCC(=O)OC(CCCCC)CCCCCCCCC(=O)O. The molecule has 0 aliphatic rings. The fraction of sp³-hybridized carbons (Fsp3) is 0.784. The summed E-state index contributed by atoms with van der Waals surface area (Å²) in [5.41, 5.74) is 0. The maximum atomic E-state index is 12.5. The lowest BCUT2D eigenvalue weighted by Crippen LogP contribution is -2.18. The number of allylic oxidation sites excluding steroid dienone is 6. The predicted octanol–water partition coefficient (Wildman–Crippen LogP) is 11.8. The van der Waals surface area contributed by atoms with Crippen molar-refractivity contribution in [1.82, 2.24) is 0 Å². The van der Waals surface area contributed by atoms with Gasteiger partial charge in [0, 0.05) is 12.8 Å². The molecule has 0 radical (unpaired) electrons. The summed E-state index contributed by atoms with van der Waals surface area (Å²) in [6, 6.07) is 0. The van der Waals surface area contributed by atoms with Crippen molar-refractivity contribution in [1.29, 1.82) is 0 Å². The lowest BCUT2D eigenvalue weighted by Gasteiger charge is -2.18. The minimum Gasteiger partial charge on any atom is -0.481 e. The number of hydrogen-bond acceptors (Lipinski definition) is 3. The molecule has 0 aliphatic carbocycles. The zero-order valence-electron chi connectivity index (χ0n) is 27.1. The fourth-order valence-corrected chi connectivity index (χ4v) is 5.08. The Kier molecular flexibility index (Phi) is 31.2. The number of carboxylic acids is 1. The standard InChI is InChI=1S/C37H66O4/c1-3-5-7-8-9-10-11-12-13-14-15-16-17-18-19-20-21-26-30-34-37(40)41-35(31-27-6-4-2)32-28-24-22-23-25-29-33-36(38)39/h5,7,9-10,12-13,35H,3-4,6,8,11,14-34H2,1-2H3,(H,38,39)/b7-5-,10-9-,13-12-. The molecule has 1 N–H and O–H groups in total. The Labute approximate surface area is 254 Å². The summed E-state index contributed by atoms with van der Waals surface area (Å²) in [5.74, 6) is -0.702. The zero-order chi connectivity index (χ0) is 30.1. The second-order valence-corrected chi connectivity index (χ2v) is 11.7. The van der Waals surface area contributed by atoms with Crippen LogP contribution in [0.4, 0.5) is 0 Å². The highest BCUT2D eigenvalue weighted by molar-refractivity contribution is 5.69. The molecule has 0 bridgehead atoms. The van der Waals surface area contributed by atoms with Gasteiger partial charge in [-0.2, -0.15) is 0 Å². The van der Waals surface area contributed by atoms with Crippen molar-refractivity contribution in [2.24, 2.45) is 0 Å². The normalized spacial score (nSPS) is 12.6. The molecule has 0 fully saturated rings. The number of ether oxygens (including phenoxy) is 1. The van der Waals surface area contributed by atoms with Gasteiger partial charge in [-0.1, -0.05) is 134 Å². The molecular weight excluding hydrogens is 508 g/mol. The summed E-state index contributed by atoms with van der Waals surface area (Å²) in [6.45, 7) is 4.37. The molecule has 0 aromatic carbocycles. The third kappa shape index (κ3) is 32.5. The maximum Gasteiger partial charge on any atom is 0.306 e. The second-order valence-electron chi connectivity index (χ2n) is 11.7. The highest BCUT2D eigenvalue weighted by atomic mass is 16.5. The van der Waals surface area contributed by atoms with Crippen LogP contribution in [-0.2, 0) is 14.3 Å². The first kappa shape index (κ1) is 39.2. The number of carbonyl (C=O) groups is 2. The van der Waals surface area contributed by atoms with Crippen molar-refractivity contribution < 1.29 is 19.4 Å². The summed E-state index contributed by atoms with van der Waals surface area (Å²) in [5, 5.41) is 8.71. The van der Waals surface area contributed by atoms with E-state index < -0.39 is 5.97 Å². The van der Waals surface area contributed by atoms with Crippen molar-refractivity contribution in [2.45, 2.75) is 187 Å². The Morgan fingerprint density at radius 3 is 1.59 bits per heavy atom. The molecule has 0 heterocycles. The lowest BCUT2D eigenvalue weighted by molar-refractivity contribution is -0.150. The smallest absolute Gasteiger partial charge is 0.306 e. The topological polar surface area (TPSA) is 63.6 Å². The van der Waals surface area contributed by atoms with Crippen LogP contribution in [0.1, 0.15) is 181 Å². The molecule has 1 atom stereocenters. The number of carbonyl (C=O) groups excluding carboxylic acids is 1. The Hall–Kier alpha value is -1.84. The van der Waals surface area contributed by atoms with E-state index >= 15 is 0 Å². The van der Waals surface area contributed by atoms with Gasteiger partial charge in [-0.25, -0.2) is 0 Å². The molecular formula is C37H66O4. The molecule has 238 valence electrons. The highest BCUT2D eigenvalue weighted by Gasteiger charge is 2.14. The van der Waals surface area contributed by atoms with Crippen LogP contribution in [-0.4, -0.2) is 23.1 Å². The predicted molar refractivity (Wildman–Crippen MR) is 176 cm³/mol. The van der Waals surface area contributed by atoms with Crippen LogP contribution < -0.4 is 0 Å². The van der Waals surface area contributed by atoms with E-state index in [4.69, 9.17) is 9.84 Å². The Balaban J connectivity index is 3.71. The molecule has 0 saturated carbocycles. The van der Waals surface area contributed by atoms with Crippen molar-refractivity contribution in [3.63, 3.8) is 0 Å². The van der Waals surface area contributed by atoms with E-state index in [0.717, 1.165) is 89.9 Å². The summed E-state index contributed by atoms with van der Waals surface area (Å²) >= 11 is 0. The molecule has 0 aliphatic heterocycles. The number of rotatable bonds is 31. The molecule has 41 heavy (non-hydrogen) atoms. The van der Waals surface area contributed by atoms with Gasteiger partial charge < -0.3 is 9.84 Å². The molecule has 0 rings (SSSR count). The van der Waals surface area contributed by atoms with Crippen molar-refractivity contribution in [3.05, 3.63) is 36.5 Å². The van der Waals surface area contributed by atoms with Crippen LogP contribution >= 0.6 is 0 Å². The molecule has 0 spiro atoms. The molecule has 0 amide bonds. The molecule has 0 aromatic rings. The van der Waals surface area contributed by atoms with Gasteiger partial charge in [0.15, 0.2) is 0 Å². The highest BCUT2D eigenvalue weighted by Crippen LogP contribution is 2.18. The van der Waals surface area contributed by atoms with Crippen LogP contribution in [0.3, 0.4) is 0 Å². The molecule has 4 nitrogen and oxygen atoms in total. The summed E-state index contributed by atoms with van der Waals surface area (Å²) in [6.07, 6.45) is 41.9. The summed E-state index contributed by atoms with van der Waals surface area (Å²) < 4.78 is 5.89. The van der Waals surface area contributed by atoms with Gasteiger partial charge in [0.1, 0.15) is 6.10 Å². The van der Waals surface area contributed by atoms with E-state index in [1.807, 2.05) is 0 Å². The first-order valence-electron chi connectivity index (χ1n) is 17.5. The van der Waals surface area contributed by atoms with Crippen molar-refractivity contribution in [2.75, 3.05) is 0 Å². The Morgan fingerprint density at radius 1 is 0.561 bits per heavy atom. The lowest BCUT2D eigenvalue weighted by atomic mass is 10.0. The fourth-order valence-electron chi connectivity index (χ4n) is 5.08. The van der Waals surface area contributed by atoms with Gasteiger partial charge in [-0.3, -0.25) is 9.59 Å². The van der Waals surface area contributed by atoms with Gasteiger partial charge in [0.05, 0.1) is 0 Å². The van der Waals surface area contributed by atoms with E-state index in [1.165, 1.54) is 64.2 Å². The quantitative estimate of drug-likeness (QED) is 0.0508. The van der Waals surface area contributed by atoms with E-state index in [1.54, 1.807) is 0 Å². The average molecular weight is 575 g/mol. The third-order valence-electron chi connectivity index (χ3n) is 7.63. The number of esters is 1. The van der Waals surface area contributed by atoms with Gasteiger partial charge >= 0.3 is 11.9 Å². The maximum absolute atomic E-state index is 12.5. The first-order valence-corrected chi connectivity index (χ1v) is 17.5. The van der Waals surface area contributed by atoms with Gasteiger partial charge in [0.2, 0.25) is 0 Å². The zero-order valence-corrected chi connectivity index (χ0v) is 27.1. The van der Waals surface area contributed by atoms with Crippen molar-refractivity contribution >= 4 is 11.9 Å². The summed E-state index contributed by atoms with van der Waals surface area (Å²) in [4.78, 5) is 23.0. The van der Waals surface area contributed by atoms with Crippen LogP contribution in [0, 0.1) is 0 Å². The third-order valence-corrected chi connectivity index (χ3v) is 7.63. The number of carboxylic acid groups (broad SMARTS) is 1. The van der Waals surface area contributed by atoms with Gasteiger partial charge in [-0.15, -0.1) is 0 Å². The van der Waals surface area contributed by atoms with E-state index in [9.17, 15) is 9.59 Å². The van der Waals surface area contributed by atoms with Crippen LogP contribution in [0.5, 0.6) is 0 Å². The number of aliphatic carboxylic acids is 1. The van der Waals surface area contributed by atoms with Crippen LogP contribution in [0.25, 0.3) is 0 Å². The Morgan fingerprint density at radius 2 is 1.02 bits per heavy atom. The molecule has 4 heteroatoms. The largest absolute Gasteiger partial charge is 0.481 e. The van der Waals surface area contributed by atoms with Crippen molar-refractivity contribution in [3.8, 4) is 0 Å². The van der Waals surface area contributed by atoms with Crippen LogP contribution in [0.15, 0.2) is 36.5 Å². The van der Waals surface area contributed by atoms with Gasteiger partial charge in [-0.05, 0) is 70.6 Å². The van der Waals surface area contributed by atoms with E-state index in [-0.39, 0.29) is 18.5 Å². The minimum atomic E-state index is -0.697. The van der Waals surface area contributed by atoms with Crippen LogP contribution in [0.2, 0.25) is 0 Å². The second kappa shape index (κ2) is 32.7. The number of unbranched alkanes of at least 4 members (excludes halogenated alkanes) is 16. The van der Waals surface area contributed by atoms with E-state index in [2.05, 4.69) is 50.3 Å². The average Bonchev–Trinajstić information content (AvgIpc) is 2.95. The van der Waals surface area contributed by atoms with Gasteiger partial charge in [0.25, 0.3) is 0 Å². The van der Waals surface area contributed by atoms with E-state index in [0.29, 0.717) is 6.42 Å². The monoisotopic (exact) mass is 574 g/mol. The molecule has 0 aromatic heterocycles. The summed E-state index contributed by atoms with van der Waals surface area (Å²) in [7, 11) is 0.